The Hall–Kier alpha value is -0.120. The highest BCUT2D eigenvalue weighted by molar-refractivity contribution is 5.11. The van der Waals surface area contributed by atoms with Crippen molar-refractivity contribution in [2.75, 3.05) is 6.54 Å². The Balaban J connectivity index is 1.23. The van der Waals surface area contributed by atoms with E-state index in [1.165, 1.54) is 57.9 Å². The van der Waals surface area contributed by atoms with E-state index in [0.29, 0.717) is 23.5 Å². The van der Waals surface area contributed by atoms with Crippen LogP contribution in [0.5, 0.6) is 0 Å². The minimum atomic E-state index is -0.0267. The van der Waals surface area contributed by atoms with Gasteiger partial charge in [-0.25, -0.2) is 0 Å². The third kappa shape index (κ3) is 3.15. The predicted molar refractivity (Wildman–Crippen MR) is 125 cm³/mol. The molecule has 6 fully saturated rings. The maximum atomic E-state index is 10.3. The van der Waals surface area contributed by atoms with E-state index >= 15 is 0 Å². The molecule has 13 atom stereocenters. The van der Waals surface area contributed by atoms with Gasteiger partial charge in [-0.3, -0.25) is 0 Å². The van der Waals surface area contributed by atoms with Gasteiger partial charge >= 0.3 is 0 Å². The van der Waals surface area contributed by atoms with Gasteiger partial charge in [-0.1, -0.05) is 27.7 Å². The molecule has 0 amide bonds. The Bertz CT molecular complexity index is 696. The number of aliphatic hydroxyl groups excluding tert-OH is 1. The van der Waals surface area contributed by atoms with Crippen molar-refractivity contribution in [3.8, 4) is 0 Å². The Morgan fingerprint density at radius 3 is 2.58 bits per heavy atom. The zero-order valence-corrected chi connectivity index (χ0v) is 20.5. The van der Waals surface area contributed by atoms with Crippen LogP contribution in [-0.2, 0) is 4.74 Å². The average Bonchev–Trinajstić information content (AvgIpc) is 3.19. The molecule has 0 aromatic rings. The van der Waals surface area contributed by atoms with Crippen LogP contribution in [0.1, 0.15) is 91.9 Å². The molecule has 2 aliphatic heterocycles. The van der Waals surface area contributed by atoms with Crippen LogP contribution in [0.4, 0.5) is 0 Å². The van der Waals surface area contributed by atoms with Crippen molar-refractivity contribution < 1.29 is 9.84 Å². The molecule has 6 rings (SSSR count). The van der Waals surface area contributed by atoms with Crippen molar-refractivity contribution in [2.24, 2.45) is 52.8 Å². The van der Waals surface area contributed by atoms with Gasteiger partial charge in [-0.2, -0.15) is 0 Å². The second-order valence-corrected chi connectivity index (χ2v) is 13.5. The second kappa shape index (κ2) is 7.44. The van der Waals surface area contributed by atoms with Crippen LogP contribution in [0.15, 0.2) is 0 Å². The summed E-state index contributed by atoms with van der Waals surface area (Å²) in [5, 5.41) is 14.2. The number of fused-ring (bicyclic) bond motifs is 6. The zero-order valence-electron chi connectivity index (χ0n) is 20.5. The summed E-state index contributed by atoms with van der Waals surface area (Å²) in [5.74, 6) is 6.64. The van der Waals surface area contributed by atoms with Crippen LogP contribution in [0.2, 0.25) is 0 Å². The van der Waals surface area contributed by atoms with Gasteiger partial charge in [0, 0.05) is 12.0 Å². The smallest absolute Gasteiger partial charge is 0.0742 e. The third-order valence-corrected chi connectivity index (χ3v) is 12.1. The molecule has 6 aliphatic rings. The van der Waals surface area contributed by atoms with Gasteiger partial charge in [-0.05, 0) is 118 Å². The van der Waals surface area contributed by atoms with Crippen molar-refractivity contribution in [1.29, 1.82) is 0 Å². The van der Waals surface area contributed by atoms with Crippen LogP contribution < -0.4 is 5.32 Å². The second-order valence-electron chi connectivity index (χ2n) is 13.5. The first kappa shape index (κ1) is 21.4. The summed E-state index contributed by atoms with van der Waals surface area (Å²) in [6.07, 6.45) is 13.3. The molecule has 0 radical (unpaired) electrons. The third-order valence-electron chi connectivity index (χ3n) is 12.1. The van der Waals surface area contributed by atoms with Crippen molar-refractivity contribution >= 4 is 0 Å². The fourth-order valence-corrected chi connectivity index (χ4v) is 10.4. The number of nitrogens with one attached hydrogen (secondary N) is 1. The first-order valence-electron chi connectivity index (χ1n) is 13.9. The summed E-state index contributed by atoms with van der Waals surface area (Å²) in [4.78, 5) is 0. The SMILES string of the molecule is CC1C[C@]2(CC[C@@H]3C1C[C@H]1[C@H]3CC[C@@H]3C[C@H](O)CC[C@@]31C)O[C@@H]1C[C@H](C)CN[C@H]1[C@H]2C. The maximum Gasteiger partial charge on any atom is 0.0742 e. The molecule has 0 bridgehead atoms. The molecule has 3 nitrogen and oxygen atoms in total. The first-order valence-corrected chi connectivity index (χ1v) is 13.9. The molecule has 1 spiro atoms. The molecular weight excluding hydrogens is 382 g/mol. The minimum Gasteiger partial charge on any atom is -0.393 e. The highest BCUT2D eigenvalue weighted by Gasteiger charge is 2.61. The van der Waals surface area contributed by atoms with Crippen LogP contribution in [0, 0.1) is 52.8 Å². The molecule has 3 heteroatoms. The molecular formula is C28H47NO2. The van der Waals surface area contributed by atoms with E-state index < -0.39 is 0 Å². The lowest BCUT2D eigenvalue weighted by atomic mass is 9.52. The molecule has 176 valence electrons. The average molecular weight is 430 g/mol. The van der Waals surface area contributed by atoms with E-state index in [-0.39, 0.29) is 11.7 Å². The molecule has 2 unspecified atom stereocenters. The lowest BCUT2D eigenvalue weighted by molar-refractivity contribution is -0.0869. The number of aliphatic hydroxyl groups is 1. The van der Waals surface area contributed by atoms with Crippen molar-refractivity contribution in [2.45, 2.75) is 116 Å². The summed E-state index contributed by atoms with van der Waals surface area (Å²) in [6.45, 7) is 11.3. The summed E-state index contributed by atoms with van der Waals surface area (Å²) in [7, 11) is 0. The van der Waals surface area contributed by atoms with Gasteiger partial charge in [-0.15, -0.1) is 0 Å². The molecule has 2 heterocycles. The zero-order chi connectivity index (χ0) is 21.5. The van der Waals surface area contributed by atoms with E-state index in [0.717, 1.165) is 54.3 Å². The molecule has 31 heavy (non-hydrogen) atoms. The molecule has 4 aliphatic carbocycles. The Morgan fingerprint density at radius 2 is 1.74 bits per heavy atom. The Morgan fingerprint density at radius 1 is 0.903 bits per heavy atom. The molecule has 0 aromatic heterocycles. The van der Waals surface area contributed by atoms with Crippen molar-refractivity contribution in [3.63, 3.8) is 0 Å². The van der Waals surface area contributed by atoms with Gasteiger partial charge in [0.15, 0.2) is 0 Å². The maximum absolute atomic E-state index is 10.3. The van der Waals surface area contributed by atoms with Crippen LogP contribution in [0.25, 0.3) is 0 Å². The lowest BCUT2D eigenvalue weighted by Crippen LogP contribution is -2.49. The van der Waals surface area contributed by atoms with Crippen molar-refractivity contribution in [3.05, 3.63) is 0 Å². The van der Waals surface area contributed by atoms with E-state index in [2.05, 4.69) is 33.0 Å². The summed E-state index contributed by atoms with van der Waals surface area (Å²) in [6, 6.07) is 0.581. The topological polar surface area (TPSA) is 41.5 Å². The van der Waals surface area contributed by atoms with Crippen LogP contribution in [-0.4, -0.2) is 35.5 Å². The summed E-state index contributed by atoms with van der Waals surface area (Å²) < 4.78 is 7.06. The first-order chi connectivity index (χ1) is 14.8. The molecule has 2 saturated heterocycles. The monoisotopic (exact) mass is 429 g/mol. The van der Waals surface area contributed by atoms with Crippen LogP contribution in [0.3, 0.4) is 0 Å². The number of piperidine rings is 1. The van der Waals surface area contributed by atoms with Gasteiger partial charge in [0.2, 0.25) is 0 Å². The largest absolute Gasteiger partial charge is 0.393 e. The Kier molecular flexibility index (Phi) is 5.14. The van der Waals surface area contributed by atoms with E-state index in [1.807, 2.05) is 0 Å². The fraction of sp³-hybridized carbons (Fsp3) is 1.00. The predicted octanol–water partition coefficient (Wildman–Crippen LogP) is 5.41. The van der Waals surface area contributed by atoms with Gasteiger partial charge in [0.05, 0.1) is 17.8 Å². The summed E-state index contributed by atoms with van der Waals surface area (Å²) in [5.41, 5.74) is 0.625. The van der Waals surface area contributed by atoms with E-state index in [9.17, 15) is 5.11 Å². The molecule has 4 saturated carbocycles. The van der Waals surface area contributed by atoms with E-state index in [1.54, 1.807) is 0 Å². The normalized spacial score (nSPS) is 61.3. The minimum absolute atomic E-state index is 0.0267. The molecule has 0 aromatic carbocycles. The molecule has 2 N–H and O–H groups in total. The number of rotatable bonds is 0. The van der Waals surface area contributed by atoms with Gasteiger partial charge in [0.25, 0.3) is 0 Å². The van der Waals surface area contributed by atoms with Crippen molar-refractivity contribution in [1.82, 2.24) is 5.32 Å². The van der Waals surface area contributed by atoms with E-state index in [4.69, 9.17) is 4.74 Å². The Labute approximate surface area is 190 Å². The highest BCUT2D eigenvalue weighted by Crippen LogP contribution is 2.66. The highest BCUT2D eigenvalue weighted by atomic mass is 16.5. The quantitative estimate of drug-likeness (QED) is 0.541. The van der Waals surface area contributed by atoms with Gasteiger partial charge < -0.3 is 15.2 Å². The number of ether oxygens (including phenoxy) is 1. The standard InChI is InChI=1S/C28H47NO2/c1-16-11-25-26(29-15-16)18(3)28(31-25)10-8-21-22-6-5-19-12-20(30)7-9-27(19,4)24(22)13-23(21)17(2)14-28/h16-26,29-30H,5-15H2,1-4H3/t16-,17?,18+,19+,20+,21-,22-,23?,24-,25+,26-,27-,28-/m0/s1. The lowest BCUT2D eigenvalue weighted by Gasteiger charge is -2.53. The van der Waals surface area contributed by atoms with Crippen LogP contribution >= 0.6 is 0 Å². The fourth-order valence-electron chi connectivity index (χ4n) is 10.4. The number of hydrogen-bond acceptors (Lipinski definition) is 3. The summed E-state index contributed by atoms with van der Waals surface area (Å²) >= 11 is 0. The van der Waals surface area contributed by atoms with Gasteiger partial charge in [0.1, 0.15) is 0 Å². The number of hydrogen-bond donors (Lipinski definition) is 2.